The Morgan fingerprint density at radius 3 is 2.45 bits per heavy atom. The molecule has 0 bridgehead atoms. The summed E-state index contributed by atoms with van der Waals surface area (Å²) in [5.74, 6) is 0. The van der Waals surface area contributed by atoms with Crippen LogP contribution in [0.2, 0.25) is 0 Å². The van der Waals surface area contributed by atoms with E-state index in [4.69, 9.17) is 4.74 Å². The van der Waals surface area contributed by atoms with Crippen LogP contribution in [0, 0.1) is 0 Å². The first kappa shape index (κ1) is 9.00. The second kappa shape index (κ2) is 4.72. The van der Waals surface area contributed by atoms with Gasteiger partial charge in [0.1, 0.15) is 0 Å². The molecule has 11 heavy (non-hydrogen) atoms. The molecule has 0 saturated carbocycles. The number of alkyl halides is 1. The number of benzene rings is 1. The van der Waals surface area contributed by atoms with Crippen molar-refractivity contribution in [2.45, 2.75) is 6.10 Å². The number of ether oxygens (including phenoxy) is 1. The van der Waals surface area contributed by atoms with Crippen molar-refractivity contribution in [2.75, 3.05) is 11.5 Å². The van der Waals surface area contributed by atoms with Gasteiger partial charge in [0.2, 0.25) is 0 Å². The number of hydrogen-bond donors (Lipinski definition) is 0. The minimum absolute atomic E-state index is 0.247. The zero-order valence-electron chi connectivity index (χ0n) is 6.46. The molecule has 1 aromatic carbocycles. The van der Waals surface area contributed by atoms with Crippen LogP contribution >= 0.6 is 22.6 Å². The zero-order valence-corrected chi connectivity index (χ0v) is 8.61. The molecule has 1 aromatic rings. The van der Waals surface area contributed by atoms with Crippen molar-refractivity contribution in [3.8, 4) is 0 Å². The van der Waals surface area contributed by atoms with Crippen molar-refractivity contribution >= 4 is 22.6 Å². The minimum atomic E-state index is 0.247. The SMILES string of the molecule is COC(CI)c1ccccc1. The fraction of sp³-hybridized carbons (Fsp3) is 0.333. The summed E-state index contributed by atoms with van der Waals surface area (Å²) in [5.41, 5.74) is 1.25. The molecule has 0 aliphatic heterocycles. The molecule has 1 nitrogen and oxygen atoms in total. The van der Waals surface area contributed by atoms with Crippen molar-refractivity contribution in [3.63, 3.8) is 0 Å². The highest BCUT2D eigenvalue weighted by Gasteiger charge is 2.05. The highest BCUT2D eigenvalue weighted by molar-refractivity contribution is 14.1. The van der Waals surface area contributed by atoms with E-state index < -0.39 is 0 Å². The van der Waals surface area contributed by atoms with Crippen LogP contribution in [0.15, 0.2) is 30.3 Å². The fourth-order valence-corrected chi connectivity index (χ4v) is 1.82. The Kier molecular flexibility index (Phi) is 3.86. The Bertz CT molecular complexity index is 194. The Morgan fingerprint density at radius 2 is 2.00 bits per heavy atom. The molecule has 0 aliphatic carbocycles. The topological polar surface area (TPSA) is 9.23 Å². The lowest BCUT2D eigenvalue weighted by Gasteiger charge is -2.11. The third-order valence-electron chi connectivity index (χ3n) is 1.60. The van der Waals surface area contributed by atoms with Crippen LogP contribution < -0.4 is 0 Å². The molecule has 0 heterocycles. The Labute approximate surface area is 80.9 Å². The second-order valence-electron chi connectivity index (χ2n) is 2.29. The molecular weight excluding hydrogens is 251 g/mol. The highest BCUT2D eigenvalue weighted by Crippen LogP contribution is 2.17. The standard InChI is InChI=1S/C9H11IO/c1-11-9(7-10)8-5-3-2-4-6-8/h2-6,9H,7H2,1H3. The molecular formula is C9H11IO. The van der Waals surface area contributed by atoms with Crippen LogP contribution in [0.1, 0.15) is 11.7 Å². The van der Waals surface area contributed by atoms with Gasteiger partial charge >= 0.3 is 0 Å². The predicted molar refractivity (Wildman–Crippen MR) is 55.1 cm³/mol. The maximum absolute atomic E-state index is 5.28. The minimum Gasteiger partial charge on any atom is -0.376 e. The highest BCUT2D eigenvalue weighted by atomic mass is 127. The van der Waals surface area contributed by atoms with E-state index in [-0.39, 0.29) is 6.10 Å². The summed E-state index contributed by atoms with van der Waals surface area (Å²) in [6.07, 6.45) is 0.247. The Balaban J connectivity index is 2.74. The van der Waals surface area contributed by atoms with Gasteiger partial charge in [-0.3, -0.25) is 0 Å². The summed E-state index contributed by atoms with van der Waals surface area (Å²) in [7, 11) is 1.75. The van der Waals surface area contributed by atoms with E-state index >= 15 is 0 Å². The van der Waals surface area contributed by atoms with Gasteiger partial charge < -0.3 is 4.74 Å². The quantitative estimate of drug-likeness (QED) is 0.601. The summed E-state index contributed by atoms with van der Waals surface area (Å²) < 4.78 is 6.28. The first-order valence-corrected chi connectivity index (χ1v) is 5.04. The van der Waals surface area contributed by atoms with E-state index in [1.54, 1.807) is 7.11 Å². The number of rotatable bonds is 3. The maximum Gasteiger partial charge on any atom is 0.0910 e. The molecule has 0 radical (unpaired) electrons. The number of halogens is 1. The summed E-state index contributed by atoms with van der Waals surface area (Å²) in [6.45, 7) is 0. The zero-order chi connectivity index (χ0) is 8.10. The molecule has 0 aromatic heterocycles. The van der Waals surface area contributed by atoms with Crippen LogP contribution in [0.3, 0.4) is 0 Å². The van der Waals surface area contributed by atoms with E-state index in [1.165, 1.54) is 5.56 Å². The van der Waals surface area contributed by atoms with Crippen molar-refractivity contribution in [1.29, 1.82) is 0 Å². The monoisotopic (exact) mass is 262 g/mol. The smallest absolute Gasteiger partial charge is 0.0910 e. The third kappa shape index (κ3) is 2.45. The average Bonchev–Trinajstić information content (AvgIpc) is 2.09. The molecule has 1 atom stereocenters. The van der Waals surface area contributed by atoms with E-state index in [0.717, 1.165) is 4.43 Å². The maximum atomic E-state index is 5.28. The number of hydrogen-bond acceptors (Lipinski definition) is 1. The van der Waals surface area contributed by atoms with Crippen molar-refractivity contribution < 1.29 is 4.74 Å². The normalized spacial score (nSPS) is 12.9. The summed E-state index contributed by atoms with van der Waals surface area (Å²) >= 11 is 2.33. The van der Waals surface area contributed by atoms with Gasteiger partial charge in [-0.2, -0.15) is 0 Å². The molecule has 0 fully saturated rings. The van der Waals surface area contributed by atoms with Crippen LogP contribution in [-0.2, 0) is 4.74 Å². The molecule has 1 rings (SSSR count). The van der Waals surface area contributed by atoms with Crippen molar-refractivity contribution in [2.24, 2.45) is 0 Å². The Morgan fingerprint density at radius 1 is 1.36 bits per heavy atom. The second-order valence-corrected chi connectivity index (χ2v) is 3.17. The van der Waals surface area contributed by atoms with Crippen molar-refractivity contribution in [1.82, 2.24) is 0 Å². The predicted octanol–water partition coefficient (Wildman–Crippen LogP) is 2.81. The molecule has 0 amide bonds. The van der Waals surface area contributed by atoms with Gasteiger partial charge in [-0.15, -0.1) is 0 Å². The van der Waals surface area contributed by atoms with Gasteiger partial charge in [-0.05, 0) is 5.56 Å². The largest absolute Gasteiger partial charge is 0.376 e. The lowest BCUT2D eigenvalue weighted by molar-refractivity contribution is 0.126. The Hall–Kier alpha value is -0.0900. The van der Waals surface area contributed by atoms with Crippen LogP contribution in [0.5, 0.6) is 0 Å². The molecule has 1 unspecified atom stereocenters. The molecule has 0 aliphatic rings. The summed E-state index contributed by atoms with van der Waals surface area (Å²) in [5, 5.41) is 0. The van der Waals surface area contributed by atoms with Gasteiger partial charge in [0.25, 0.3) is 0 Å². The molecule has 0 N–H and O–H groups in total. The lowest BCUT2D eigenvalue weighted by atomic mass is 10.1. The molecule has 0 spiro atoms. The summed E-state index contributed by atoms with van der Waals surface area (Å²) in [4.78, 5) is 0. The summed E-state index contributed by atoms with van der Waals surface area (Å²) in [6, 6.07) is 10.3. The fourth-order valence-electron chi connectivity index (χ4n) is 0.956. The van der Waals surface area contributed by atoms with E-state index in [0.29, 0.717) is 0 Å². The van der Waals surface area contributed by atoms with E-state index in [2.05, 4.69) is 34.7 Å². The van der Waals surface area contributed by atoms with Gasteiger partial charge in [-0.25, -0.2) is 0 Å². The van der Waals surface area contributed by atoms with Gasteiger partial charge in [0, 0.05) is 11.5 Å². The average molecular weight is 262 g/mol. The molecule has 0 saturated heterocycles. The molecule has 60 valence electrons. The van der Waals surface area contributed by atoms with Gasteiger partial charge in [0.15, 0.2) is 0 Å². The van der Waals surface area contributed by atoms with Crippen LogP contribution in [0.4, 0.5) is 0 Å². The van der Waals surface area contributed by atoms with Crippen LogP contribution in [-0.4, -0.2) is 11.5 Å². The number of methoxy groups -OCH3 is 1. The van der Waals surface area contributed by atoms with Gasteiger partial charge in [-0.1, -0.05) is 52.9 Å². The first-order chi connectivity index (χ1) is 5.38. The van der Waals surface area contributed by atoms with E-state index in [1.807, 2.05) is 18.2 Å². The van der Waals surface area contributed by atoms with Crippen LogP contribution in [0.25, 0.3) is 0 Å². The van der Waals surface area contributed by atoms with E-state index in [9.17, 15) is 0 Å². The molecule has 2 heteroatoms. The van der Waals surface area contributed by atoms with Gasteiger partial charge in [0.05, 0.1) is 6.10 Å². The van der Waals surface area contributed by atoms with Crippen molar-refractivity contribution in [3.05, 3.63) is 35.9 Å². The first-order valence-electron chi connectivity index (χ1n) is 3.52. The lowest BCUT2D eigenvalue weighted by Crippen LogP contribution is -2.01. The third-order valence-corrected chi connectivity index (χ3v) is 2.40.